The molecule has 0 aliphatic rings. The molecule has 2 heterocycles. The van der Waals surface area contributed by atoms with E-state index in [0.29, 0.717) is 45.7 Å². The summed E-state index contributed by atoms with van der Waals surface area (Å²) >= 11 is 0. The maximum Gasteiger partial charge on any atom is 0.259 e. The van der Waals surface area contributed by atoms with E-state index >= 15 is 0 Å². The molecule has 0 bridgehead atoms. The van der Waals surface area contributed by atoms with Crippen molar-refractivity contribution in [2.45, 2.75) is 27.2 Å². The molecule has 0 aliphatic heterocycles. The minimum atomic E-state index is -0.380. The first kappa shape index (κ1) is 21.2. The molecule has 2 amide bonds. The molecule has 0 saturated carbocycles. The van der Waals surface area contributed by atoms with Gasteiger partial charge in [-0.05, 0) is 61.9 Å². The summed E-state index contributed by atoms with van der Waals surface area (Å²) in [6.45, 7) is 5.35. The number of nitrogens with one attached hydrogen (secondary N) is 2. The summed E-state index contributed by atoms with van der Waals surface area (Å²) in [5.41, 5.74) is 4.15. The molecule has 0 spiro atoms. The lowest BCUT2D eigenvalue weighted by molar-refractivity contribution is -0.115. The van der Waals surface area contributed by atoms with Crippen LogP contribution in [0.15, 0.2) is 53.1 Å². The number of aryl methyl sites for hydroxylation is 2. The zero-order valence-electron chi connectivity index (χ0n) is 17.8. The average molecular weight is 432 g/mol. The number of hydrogen-bond acceptors (Lipinski definition) is 5. The van der Waals surface area contributed by atoms with Crippen molar-refractivity contribution < 1.29 is 18.5 Å². The molecular formula is C24H21FN4O3. The van der Waals surface area contributed by atoms with E-state index in [0.717, 1.165) is 5.56 Å². The standard InChI is InChI=1S/C24H21FN4O3/c1-4-21(30)26-17-10-5-13(2)19(11-17)27-23(31)18-12-20(15-6-8-16(25)9-7-15)28-24-22(18)14(3)29-32-24/h5-12H,4H2,1-3H3,(H,26,30)(H,27,31). The third-order valence-corrected chi connectivity index (χ3v) is 5.09. The number of fused-ring (bicyclic) bond motifs is 1. The summed E-state index contributed by atoms with van der Waals surface area (Å²) in [6.07, 6.45) is 0.351. The van der Waals surface area contributed by atoms with Gasteiger partial charge in [0.15, 0.2) is 0 Å². The van der Waals surface area contributed by atoms with Gasteiger partial charge in [0.1, 0.15) is 5.82 Å². The predicted octanol–water partition coefficient (Wildman–Crippen LogP) is 5.25. The molecule has 0 unspecified atom stereocenters. The van der Waals surface area contributed by atoms with Crippen molar-refractivity contribution in [2.75, 3.05) is 10.6 Å². The van der Waals surface area contributed by atoms with Gasteiger partial charge in [0, 0.05) is 23.4 Å². The quantitative estimate of drug-likeness (QED) is 0.449. The molecule has 7 nitrogen and oxygen atoms in total. The summed E-state index contributed by atoms with van der Waals surface area (Å²) in [6, 6.07) is 12.8. The molecule has 0 radical (unpaired) electrons. The van der Waals surface area contributed by atoms with E-state index < -0.39 is 0 Å². The Kier molecular flexibility index (Phi) is 5.68. The number of hydrogen-bond donors (Lipinski definition) is 2. The van der Waals surface area contributed by atoms with Gasteiger partial charge in [0.2, 0.25) is 5.91 Å². The molecule has 32 heavy (non-hydrogen) atoms. The average Bonchev–Trinajstić information content (AvgIpc) is 3.16. The van der Waals surface area contributed by atoms with E-state index in [1.54, 1.807) is 44.2 Å². The lowest BCUT2D eigenvalue weighted by atomic mass is 10.0. The summed E-state index contributed by atoms with van der Waals surface area (Å²) < 4.78 is 18.7. The Morgan fingerprint density at radius 1 is 1.03 bits per heavy atom. The van der Waals surface area contributed by atoms with Crippen molar-refractivity contribution in [1.29, 1.82) is 0 Å². The Morgan fingerprint density at radius 3 is 2.50 bits per heavy atom. The summed E-state index contributed by atoms with van der Waals surface area (Å²) in [5.74, 6) is -0.867. The van der Waals surface area contributed by atoms with E-state index in [4.69, 9.17) is 4.52 Å². The Labute approximate surface area is 183 Å². The fourth-order valence-electron chi connectivity index (χ4n) is 3.32. The second-order valence-corrected chi connectivity index (χ2v) is 7.40. The number of benzene rings is 2. The van der Waals surface area contributed by atoms with Crippen LogP contribution in [-0.2, 0) is 4.79 Å². The fraction of sp³-hybridized carbons (Fsp3) is 0.167. The summed E-state index contributed by atoms with van der Waals surface area (Å²) in [4.78, 5) is 29.5. The van der Waals surface area contributed by atoms with Crippen LogP contribution in [0, 0.1) is 19.7 Å². The van der Waals surface area contributed by atoms with Gasteiger partial charge in [-0.2, -0.15) is 0 Å². The highest BCUT2D eigenvalue weighted by atomic mass is 19.1. The number of anilines is 2. The SMILES string of the molecule is CCC(=O)Nc1ccc(C)c(NC(=O)c2cc(-c3ccc(F)cc3)nc3onc(C)c23)c1. The third kappa shape index (κ3) is 4.20. The van der Waals surface area contributed by atoms with Gasteiger partial charge in [0.25, 0.3) is 11.6 Å². The lowest BCUT2D eigenvalue weighted by Crippen LogP contribution is -2.15. The van der Waals surface area contributed by atoms with E-state index in [2.05, 4.69) is 20.8 Å². The largest absolute Gasteiger partial charge is 0.335 e. The minimum Gasteiger partial charge on any atom is -0.335 e. The number of rotatable bonds is 5. The minimum absolute atomic E-state index is 0.119. The molecule has 0 aliphatic carbocycles. The molecule has 4 aromatic rings. The monoisotopic (exact) mass is 432 g/mol. The number of carbonyl (C=O) groups excluding carboxylic acids is 2. The molecule has 2 N–H and O–H groups in total. The second kappa shape index (κ2) is 8.58. The van der Waals surface area contributed by atoms with Crippen molar-refractivity contribution in [3.05, 3.63) is 71.2 Å². The molecule has 0 atom stereocenters. The molecule has 4 rings (SSSR count). The van der Waals surface area contributed by atoms with Gasteiger partial charge in [-0.15, -0.1) is 0 Å². The van der Waals surface area contributed by atoms with E-state index in [1.807, 2.05) is 13.0 Å². The Balaban J connectivity index is 1.73. The van der Waals surface area contributed by atoms with Crippen molar-refractivity contribution in [3.63, 3.8) is 0 Å². The number of carbonyl (C=O) groups is 2. The number of aromatic nitrogens is 2. The molecular weight excluding hydrogens is 411 g/mol. The van der Waals surface area contributed by atoms with Gasteiger partial charge < -0.3 is 15.2 Å². The zero-order valence-corrected chi connectivity index (χ0v) is 17.8. The van der Waals surface area contributed by atoms with Gasteiger partial charge in [-0.1, -0.05) is 18.1 Å². The first-order chi connectivity index (χ1) is 15.4. The van der Waals surface area contributed by atoms with Gasteiger partial charge in [-0.3, -0.25) is 9.59 Å². The topological polar surface area (TPSA) is 97.1 Å². The molecule has 162 valence electrons. The van der Waals surface area contributed by atoms with Crippen LogP contribution in [0.3, 0.4) is 0 Å². The maximum atomic E-state index is 13.3. The van der Waals surface area contributed by atoms with Crippen LogP contribution >= 0.6 is 0 Å². The second-order valence-electron chi connectivity index (χ2n) is 7.40. The van der Waals surface area contributed by atoms with Gasteiger partial charge in [-0.25, -0.2) is 9.37 Å². The van der Waals surface area contributed by atoms with Crippen LogP contribution in [0.25, 0.3) is 22.4 Å². The van der Waals surface area contributed by atoms with Gasteiger partial charge >= 0.3 is 0 Å². The maximum absolute atomic E-state index is 13.3. The third-order valence-electron chi connectivity index (χ3n) is 5.09. The molecule has 0 saturated heterocycles. The zero-order chi connectivity index (χ0) is 22.8. The first-order valence-electron chi connectivity index (χ1n) is 10.1. The highest BCUT2D eigenvalue weighted by Gasteiger charge is 2.20. The van der Waals surface area contributed by atoms with Crippen LogP contribution in [0.4, 0.5) is 15.8 Å². The van der Waals surface area contributed by atoms with Crippen LogP contribution in [0.1, 0.15) is 35.0 Å². The molecule has 2 aromatic heterocycles. The first-order valence-corrected chi connectivity index (χ1v) is 10.1. The molecule has 0 fully saturated rings. The molecule has 2 aromatic carbocycles. The van der Waals surface area contributed by atoms with Crippen molar-refractivity contribution in [3.8, 4) is 11.3 Å². The Morgan fingerprint density at radius 2 is 1.78 bits per heavy atom. The number of halogens is 1. The normalized spacial score (nSPS) is 10.9. The number of pyridine rings is 1. The highest BCUT2D eigenvalue weighted by Crippen LogP contribution is 2.29. The van der Waals surface area contributed by atoms with E-state index in [9.17, 15) is 14.0 Å². The van der Waals surface area contributed by atoms with Crippen LogP contribution in [0.2, 0.25) is 0 Å². The fourth-order valence-corrected chi connectivity index (χ4v) is 3.32. The predicted molar refractivity (Wildman–Crippen MR) is 120 cm³/mol. The van der Waals surface area contributed by atoms with Crippen LogP contribution in [0.5, 0.6) is 0 Å². The molecule has 8 heteroatoms. The highest BCUT2D eigenvalue weighted by molar-refractivity contribution is 6.13. The van der Waals surface area contributed by atoms with Crippen molar-refractivity contribution >= 4 is 34.3 Å². The van der Waals surface area contributed by atoms with Crippen LogP contribution < -0.4 is 10.6 Å². The number of nitrogens with zero attached hydrogens (tertiary/aromatic N) is 2. The lowest BCUT2D eigenvalue weighted by Gasteiger charge is -2.12. The van der Waals surface area contributed by atoms with Crippen molar-refractivity contribution in [1.82, 2.24) is 10.1 Å². The summed E-state index contributed by atoms with van der Waals surface area (Å²) in [5, 5.41) is 10.1. The Hall–Kier alpha value is -4.07. The number of amides is 2. The summed E-state index contributed by atoms with van der Waals surface area (Å²) in [7, 11) is 0. The van der Waals surface area contributed by atoms with E-state index in [1.165, 1.54) is 12.1 Å². The van der Waals surface area contributed by atoms with Crippen molar-refractivity contribution in [2.24, 2.45) is 0 Å². The van der Waals surface area contributed by atoms with Crippen LogP contribution in [-0.4, -0.2) is 22.0 Å². The van der Waals surface area contributed by atoms with Gasteiger partial charge in [0.05, 0.1) is 22.3 Å². The van der Waals surface area contributed by atoms with E-state index in [-0.39, 0.29) is 23.3 Å². The smallest absolute Gasteiger partial charge is 0.259 e. The Bertz CT molecular complexity index is 1330.